The number of hydrogen-bond acceptors (Lipinski definition) is 6. The summed E-state index contributed by atoms with van der Waals surface area (Å²) in [5.41, 5.74) is 5.53. The summed E-state index contributed by atoms with van der Waals surface area (Å²) < 4.78 is 4.97. The lowest BCUT2D eigenvalue weighted by Crippen LogP contribution is -2.55. The molecule has 0 bridgehead atoms. The molecule has 0 saturated carbocycles. The number of amides is 3. The number of carbonyl (C=O) groups excluding carboxylic acids is 3. The van der Waals surface area contributed by atoms with E-state index in [-0.39, 0.29) is 12.1 Å². The lowest BCUT2D eigenvalue weighted by Gasteiger charge is -2.35. The van der Waals surface area contributed by atoms with E-state index >= 15 is 0 Å². The fourth-order valence-corrected chi connectivity index (χ4v) is 3.17. The number of rotatable bonds is 4. The molecule has 2 aliphatic heterocycles. The number of ether oxygens (including phenoxy) is 1. The minimum Gasteiger partial charge on any atom is -0.450 e. The third-order valence-corrected chi connectivity index (χ3v) is 4.66. The highest BCUT2D eigenvalue weighted by Gasteiger charge is 2.29. The number of piperidine rings is 1. The van der Waals surface area contributed by atoms with E-state index in [0.717, 1.165) is 19.6 Å². The molecule has 142 valence electrons. The van der Waals surface area contributed by atoms with Gasteiger partial charge in [0.05, 0.1) is 6.61 Å². The smallest absolute Gasteiger partial charge is 0.409 e. The third kappa shape index (κ3) is 5.57. The van der Waals surface area contributed by atoms with Crippen LogP contribution in [0.5, 0.6) is 0 Å². The van der Waals surface area contributed by atoms with Gasteiger partial charge in [0.25, 0.3) is 0 Å². The molecule has 2 saturated heterocycles. The minimum absolute atomic E-state index is 0.0827. The molecule has 0 aliphatic carbocycles. The van der Waals surface area contributed by atoms with Crippen LogP contribution in [0, 0.1) is 0 Å². The van der Waals surface area contributed by atoms with Crippen LogP contribution in [0.15, 0.2) is 0 Å². The first-order valence-corrected chi connectivity index (χ1v) is 8.99. The topological polar surface area (TPSA) is 108 Å². The summed E-state index contributed by atoms with van der Waals surface area (Å²) in [5.74, 6) is -1.03. The predicted molar refractivity (Wildman–Crippen MR) is 91.8 cm³/mol. The van der Waals surface area contributed by atoms with Crippen LogP contribution in [0.3, 0.4) is 0 Å². The zero-order chi connectivity index (χ0) is 18.2. The Labute approximate surface area is 148 Å². The molecule has 2 rings (SSSR count). The van der Waals surface area contributed by atoms with Gasteiger partial charge in [-0.1, -0.05) is 0 Å². The first-order valence-electron chi connectivity index (χ1n) is 8.99. The highest BCUT2D eigenvalue weighted by molar-refractivity contribution is 6.35. The standard InChI is InChI=1S/C16H29N5O4/c1-2-25-16(24)21-6-3-13(4-7-21)18-14(22)15(23)20-11-9-19(8-5-17)10-12-20/h13H,2-12,17H2,1H3,(H,18,22). The van der Waals surface area contributed by atoms with E-state index in [1.807, 2.05) is 0 Å². The first-order chi connectivity index (χ1) is 12.0. The molecule has 0 aromatic rings. The second kappa shape index (κ2) is 9.57. The molecule has 0 aromatic heterocycles. The normalized spacial score (nSPS) is 19.6. The average Bonchev–Trinajstić information content (AvgIpc) is 2.63. The summed E-state index contributed by atoms with van der Waals surface area (Å²) in [6.45, 7) is 7.16. The number of nitrogens with zero attached hydrogens (tertiary/aromatic N) is 3. The molecule has 2 aliphatic rings. The molecule has 2 fully saturated rings. The molecule has 9 heteroatoms. The zero-order valence-electron chi connectivity index (χ0n) is 14.9. The number of piperazine rings is 1. The van der Waals surface area contributed by atoms with E-state index in [1.54, 1.807) is 16.7 Å². The summed E-state index contributed by atoms with van der Waals surface area (Å²) in [4.78, 5) is 41.5. The van der Waals surface area contributed by atoms with E-state index in [1.165, 1.54) is 0 Å². The predicted octanol–water partition coefficient (Wildman–Crippen LogP) is -1.17. The maximum atomic E-state index is 12.3. The van der Waals surface area contributed by atoms with Crippen LogP contribution in [0.25, 0.3) is 0 Å². The quantitative estimate of drug-likeness (QED) is 0.615. The Morgan fingerprint density at radius 2 is 1.68 bits per heavy atom. The molecule has 25 heavy (non-hydrogen) atoms. The summed E-state index contributed by atoms with van der Waals surface area (Å²) in [6, 6.07) is -0.0827. The maximum Gasteiger partial charge on any atom is 0.409 e. The number of nitrogens with one attached hydrogen (secondary N) is 1. The van der Waals surface area contributed by atoms with E-state index < -0.39 is 11.8 Å². The Morgan fingerprint density at radius 1 is 1.04 bits per heavy atom. The molecule has 3 amide bonds. The number of likely N-dealkylation sites (tertiary alicyclic amines) is 1. The van der Waals surface area contributed by atoms with Gasteiger partial charge in [-0.25, -0.2) is 4.79 Å². The molecular formula is C16H29N5O4. The summed E-state index contributed by atoms with van der Waals surface area (Å²) in [5, 5.41) is 2.80. The second-order valence-corrected chi connectivity index (χ2v) is 6.36. The fraction of sp³-hybridized carbons (Fsp3) is 0.812. The van der Waals surface area contributed by atoms with Gasteiger partial charge < -0.3 is 25.6 Å². The summed E-state index contributed by atoms with van der Waals surface area (Å²) >= 11 is 0. The lowest BCUT2D eigenvalue weighted by molar-refractivity contribution is -0.147. The maximum absolute atomic E-state index is 12.3. The lowest BCUT2D eigenvalue weighted by atomic mass is 10.1. The number of hydrogen-bond donors (Lipinski definition) is 2. The number of carbonyl (C=O) groups is 3. The SMILES string of the molecule is CCOC(=O)N1CCC(NC(=O)C(=O)N2CCN(CCN)CC2)CC1. The van der Waals surface area contributed by atoms with Crippen LogP contribution in [0.4, 0.5) is 4.79 Å². The van der Waals surface area contributed by atoms with Gasteiger partial charge in [0.15, 0.2) is 0 Å². The molecule has 0 spiro atoms. The molecule has 9 nitrogen and oxygen atoms in total. The average molecular weight is 355 g/mol. The highest BCUT2D eigenvalue weighted by Crippen LogP contribution is 2.12. The van der Waals surface area contributed by atoms with E-state index in [2.05, 4.69) is 10.2 Å². The molecule has 0 aromatic carbocycles. The second-order valence-electron chi connectivity index (χ2n) is 6.36. The largest absolute Gasteiger partial charge is 0.450 e. The van der Waals surface area contributed by atoms with Gasteiger partial charge in [-0.3, -0.25) is 14.5 Å². The highest BCUT2D eigenvalue weighted by atomic mass is 16.6. The Kier molecular flexibility index (Phi) is 7.45. The first kappa shape index (κ1) is 19.5. The summed E-state index contributed by atoms with van der Waals surface area (Å²) in [7, 11) is 0. The van der Waals surface area contributed by atoms with Gasteiger partial charge in [0.2, 0.25) is 0 Å². The van der Waals surface area contributed by atoms with E-state index in [4.69, 9.17) is 10.5 Å². The van der Waals surface area contributed by atoms with Crippen molar-refractivity contribution < 1.29 is 19.1 Å². The van der Waals surface area contributed by atoms with Gasteiger partial charge in [-0.05, 0) is 19.8 Å². The Bertz CT molecular complexity index is 471. The molecule has 0 atom stereocenters. The van der Waals surface area contributed by atoms with Gasteiger partial charge >= 0.3 is 17.9 Å². The Hall–Kier alpha value is -1.87. The van der Waals surface area contributed by atoms with Gasteiger partial charge in [-0.2, -0.15) is 0 Å². The van der Waals surface area contributed by atoms with Gasteiger partial charge in [-0.15, -0.1) is 0 Å². The van der Waals surface area contributed by atoms with Crippen molar-refractivity contribution in [2.75, 3.05) is 59.0 Å². The molecule has 3 N–H and O–H groups in total. The molecule has 0 radical (unpaired) electrons. The Balaban J connectivity index is 1.72. The van der Waals surface area contributed by atoms with Crippen LogP contribution in [-0.4, -0.2) is 97.6 Å². The van der Waals surface area contributed by atoms with Crippen molar-refractivity contribution in [3.05, 3.63) is 0 Å². The molecule has 0 unspecified atom stereocenters. The minimum atomic E-state index is -0.554. The van der Waals surface area contributed by atoms with Crippen molar-refractivity contribution in [3.8, 4) is 0 Å². The van der Waals surface area contributed by atoms with Crippen LogP contribution < -0.4 is 11.1 Å². The monoisotopic (exact) mass is 355 g/mol. The van der Waals surface area contributed by atoms with Crippen LogP contribution in [0.1, 0.15) is 19.8 Å². The van der Waals surface area contributed by atoms with Gasteiger partial charge in [0.1, 0.15) is 0 Å². The Morgan fingerprint density at radius 3 is 2.24 bits per heavy atom. The van der Waals surface area contributed by atoms with E-state index in [0.29, 0.717) is 52.2 Å². The third-order valence-electron chi connectivity index (χ3n) is 4.66. The van der Waals surface area contributed by atoms with Gasteiger partial charge in [0, 0.05) is 58.4 Å². The summed E-state index contributed by atoms with van der Waals surface area (Å²) in [6.07, 6.45) is 0.934. The van der Waals surface area contributed by atoms with Crippen molar-refractivity contribution in [2.24, 2.45) is 5.73 Å². The fourth-order valence-electron chi connectivity index (χ4n) is 3.17. The van der Waals surface area contributed by atoms with Crippen LogP contribution in [-0.2, 0) is 14.3 Å². The molecule has 2 heterocycles. The van der Waals surface area contributed by atoms with E-state index in [9.17, 15) is 14.4 Å². The van der Waals surface area contributed by atoms with Crippen molar-refractivity contribution in [1.29, 1.82) is 0 Å². The van der Waals surface area contributed by atoms with Crippen LogP contribution >= 0.6 is 0 Å². The van der Waals surface area contributed by atoms with Crippen molar-refractivity contribution in [3.63, 3.8) is 0 Å². The number of nitrogens with two attached hydrogens (primary N) is 1. The molecular weight excluding hydrogens is 326 g/mol. The van der Waals surface area contributed by atoms with Crippen molar-refractivity contribution in [2.45, 2.75) is 25.8 Å². The van der Waals surface area contributed by atoms with Crippen LogP contribution in [0.2, 0.25) is 0 Å². The van der Waals surface area contributed by atoms with Crippen molar-refractivity contribution in [1.82, 2.24) is 20.0 Å². The zero-order valence-corrected chi connectivity index (χ0v) is 14.9. The van der Waals surface area contributed by atoms with Crippen molar-refractivity contribution >= 4 is 17.9 Å².